The summed E-state index contributed by atoms with van der Waals surface area (Å²) in [6.45, 7) is 12.8. The maximum absolute atomic E-state index is 12.5. The first-order chi connectivity index (χ1) is 7.14. The van der Waals surface area contributed by atoms with Crippen molar-refractivity contribution in [2.45, 2.75) is 41.5 Å². The van der Waals surface area contributed by atoms with Gasteiger partial charge in [-0.05, 0) is 10.8 Å². The van der Waals surface area contributed by atoms with Crippen molar-refractivity contribution in [3.8, 4) is 0 Å². The number of hydrogen-bond donors (Lipinski definition) is 0. The molecular weight excluding hydrogens is 236 g/mol. The molecule has 3 heteroatoms. The molecule has 0 aliphatic heterocycles. The van der Waals surface area contributed by atoms with Crippen molar-refractivity contribution < 1.29 is 4.79 Å². The van der Waals surface area contributed by atoms with Gasteiger partial charge in [-0.1, -0.05) is 62.2 Å². The highest BCUT2D eigenvalue weighted by atomic mass is 32.9. The molecule has 2 rings (SSSR count). The Morgan fingerprint density at radius 2 is 1.06 bits per heavy atom. The Hall–Kier alpha value is -0.410. The van der Waals surface area contributed by atoms with Crippen molar-refractivity contribution in [1.82, 2.24) is 0 Å². The monoisotopic (exact) mass is 254 g/mol. The maximum atomic E-state index is 12.5. The van der Waals surface area contributed by atoms with Crippen LogP contribution in [-0.2, 0) is 4.79 Å². The molecule has 1 nitrogen and oxygen atoms in total. The fraction of sp³-hybridized carbons (Fsp3) is 0.615. The minimum atomic E-state index is -0.0430. The molecule has 0 spiro atoms. The summed E-state index contributed by atoms with van der Waals surface area (Å²) in [5, 5.41) is 0. The highest BCUT2D eigenvalue weighted by Crippen LogP contribution is 2.38. The summed E-state index contributed by atoms with van der Waals surface area (Å²) in [6.07, 6.45) is 0. The van der Waals surface area contributed by atoms with Crippen LogP contribution in [0.15, 0.2) is 0 Å². The van der Waals surface area contributed by atoms with Crippen LogP contribution in [0.2, 0.25) is 0 Å². The standard InChI is InChI=1S/C13H18OS2/c1-12(2,3)7-9(14)8(13(4,5)6)11-10(7)15-16-11/h1-6H3. The third-order valence-corrected chi connectivity index (χ3v) is 5.44. The van der Waals surface area contributed by atoms with Gasteiger partial charge in [0.2, 0.25) is 0 Å². The smallest absolute Gasteiger partial charge is 0.189 e. The molecule has 1 aromatic rings. The molecule has 0 bridgehead atoms. The van der Waals surface area contributed by atoms with E-state index in [0.717, 1.165) is 11.1 Å². The molecule has 88 valence electrons. The van der Waals surface area contributed by atoms with Crippen LogP contribution >= 0.6 is 20.7 Å². The average Bonchev–Trinajstić information content (AvgIpc) is 2.20. The second kappa shape index (κ2) is 3.30. The Bertz CT molecular complexity index is 506. The summed E-state index contributed by atoms with van der Waals surface area (Å²) in [5.41, 5.74) is 1.96. The first-order valence-electron chi connectivity index (χ1n) is 5.53. The molecule has 0 unspecified atom stereocenters. The van der Waals surface area contributed by atoms with Gasteiger partial charge in [0, 0.05) is 11.1 Å². The summed E-state index contributed by atoms with van der Waals surface area (Å²) in [7, 11) is 3.50. The van der Waals surface area contributed by atoms with Crippen LogP contribution in [0.4, 0.5) is 0 Å². The lowest BCUT2D eigenvalue weighted by Gasteiger charge is -2.24. The van der Waals surface area contributed by atoms with Crippen molar-refractivity contribution in [2.75, 3.05) is 0 Å². The van der Waals surface area contributed by atoms with Gasteiger partial charge in [0.25, 0.3) is 0 Å². The molecule has 0 aromatic carbocycles. The summed E-state index contributed by atoms with van der Waals surface area (Å²) in [6, 6.07) is 0. The van der Waals surface area contributed by atoms with Crippen LogP contribution < -0.4 is 9.06 Å². The van der Waals surface area contributed by atoms with E-state index < -0.39 is 0 Å². The van der Waals surface area contributed by atoms with E-state index in [0.29, 0.717) is 0 Å². The summed E-state index contributed by atoms with van der Waals surface area (Å²) in [4.78, 5) is 12.5. The van der Waals surface area contributed by atoms with Gasteiger partial charge in [-0.2, -0.15) is 0 Å². The Morgan fingerprint density at radius 3 is 1.19 bits per heavy atom. The van der Waals surface area contributed by atoms with E-state index in [9.17, 15) is 4.79 Å². The zero-order valence-corrected chi connectivity index (χ0v) is 12.4. The van der Waals surface area contributed by atoms with Gasteiger partial charge in [-0.25, -0.2) is 0 Å². The first kappa shape index (κ1) is 12.1. The van der Waals surface area contributed by atoms with E-state index in [1.165, 1.54) is 9.06 Å². The first-order valence-corrected chi connectivity index (χ1v) is 7.68. The van der Waals surface area contributed by atoms with E-state index >= 15 is 0 Å². The average molecular weight is 254 g/mol. The predicted molar refractivity (Wildman–Crippen MR) is 72.2 cm³/mol. The molecule has 1 heterocycles. The van der Waals surface area contributed by atoms with Crippen molar-refractivity contribution >= 4 is 37.6 Å². The number of Topliss-reactive ketones (excluding diaryl/α,β-unsaturated/α-hetero) is 1. The number of ketones is 1. The van der Waals surface area contributed by atoms with E-state index in [1.807, 2.05) is 0 Å². The maximum Gasteiger partial charge on any atom is 0.189 e. The Kier molecular flexibility index (Phi) is 2.48. The van der Waals surface area contributed by atoms with E-state index in [4.69, 9.17) is 0 Å². The second-order valence-corrected chi connectivity index (χ2v) is 8.55. The Labute approximate surface area is 104 Å². The third-order valence-electron chi connectivity index (χ3n) is 2.82. The SMILES string of the molecule is CC(C)(C)C1=c2ssc2=C(C(C)(C)C)C1=O. The van der Waals surface area contributed by atoms with Gasteiger partial charge >= 0.3 is 0 Å². The van der Waals surface area contributed by atoms with Gasteiger partial charge < -0.3 is 0 Å². The largest absolute Gasteiger partial charge is 0.289 e. The van der Waals surface area contributed by atoms with Gasteiger partial charge in [0.15, 0.2) is 5.78 Å². The lowest BCUT2D eigenvalue weighted by molar-refractivity contribution is -0.110. The molecule has 0 saturated carbocycles. The van der Waals surface area contributed by atoms with Crippen LogP contribution in [-0.4, -0.2) is 5.78 Å². The highest BCUT2D eigenvalue weighted by molar-refractivity contribution is 7.70. The molecule has 1 aliphatic rings. The molecule has 16 heavy (non-hydrogen) atoms. The van der Waals surface area contributed by atoms with Gasteiger partial charge in [0.05, 0.1) is 9.06 Å². The molecule has 0 fully saturated rings. The van der Waals surface area contributed by atoms with Crippen LogP contribution in [0.25, 0.3) is 11.1 Å². The summed E-state index contributed by atoms with van der Waals surface area (Å²) >= 11 is 0. The topological polar surface area (TPSA) is 17.1 Å². The summed E-state index contributed by atoms with van der Waals surface area (Å²) in [5.74, 6) is 0.280. The normalized spacial score (nSPS) is 17.2. The molecule has 0 radical (unpaired) electrons. The van der Waals surface area contributed by atoms with E-state index in [1.54, 1.807) is 20.7 Å². The second-order valence-electron chi connectivity index (χ2n) is 6.40. The lowest BCUT2D eigenvalue weighted by Crippen LogP contribution is -2.27. The fourth-order valence-corrected chi connectivity index (χ4v) is 4.80. The van der Waals surface area contributed by atoms with E-state index in [-0.39, 0.29) is 16.6 Å². The molecule has 1 aromatic heterocycles. The minimum absolute atomic E-state index is 0.0430. The molecule has 0 N–H and O–H groups in total. The lowest BCUT2D eigenvalue weighted by atomic mass is 9.78. The number of carbonyl (C=O) groups is 1. The molecule has 1 aliphatic carbocycles. The molecular formula is C13H18OS2. The zero-order valence-electron chi connectivity index (χ0n) is 10.7. The Morgan fingerprint density at radius 1 is 0.750 bits per heavy atom. The Balaban J connectivity index is 2.74. The fourth-order valence-electron chi connectivity index (χ4n) is 2.13. The van der Waals surface area contributed by atoms with Crippen molar-refractivity contribution in [3.63, 3.8) is 0 Å². The summed E-state index contributed by atoms with van der Waals surface area (Å²) < 4.78 is 2.49. The van der Waals surface area contributed by atoms with Crippen LogP contribution in [0.1, 0.15) is 41.5 Å². The molecule has 0 saturated heterocycles. The van der Waals surface area contributed by atoms with Crippen LogP contribution in [0.5, 0.6) is 0 Å². The predicted octanol–water partition coefficient (Wildman–Crippen LogP) is 2.79. The number of hydrogen-bond acceptors (Lipinski definition) is 3. The number of rotatable bonds is 0. The molecule has 0 amide bonds. The third kappa shape index (κ3) is 1.61. The molecule has 0 atom stereocenters. The highest BCUT2D eigenvalue weighted by Gasteiger charge is 2.38. The van der Waals surface area contributed by atoms with Crippen molar-refractivity contribution in [2.24, 2.45) is 10.8 Å². The van der Waals surface area contributed by atoms with Gasteiger partial charge in [-0.3, -0.25) is 4.79 Å². The van der Waals surface area contributed by atoms with Crippen LogP contribution in [0, 0.1) is 10.8 Å². The van der Waals surface area contributed by atoms with Gasteiger partial charge in [-0.15, -0.1) is 0 Å². The minimum Gasteiger partial charge on any atom is -0.289 e. The quantitative estimate of drug-likeness (QED) is 0.651. The van der Waals surface area contributed by atoms with Crippen molar-refractivity contribution in [3.05, 3.63) is 9.06 Å². The van der Waals surface area contributed by atoms with Crippen LogP contribution in [0.3, 0.4) is 0 Å². The zero-order chi connectivity index (χ0) is 12.3. The van der Waals surface area contributed by atoms with Gasteiger partial charge in [0.1, 0.15) is 0 Å². The number of carbonyl (C=O) groups excluding carboxylic acids is 1. The van der Waals surface area contributed by atoms with E-state index in [2.05, 4.69) is 41.5 Å². The number of fused-ring (bicyclic) bond motifs is 1. The van der Waals surface area contributed by atoms with Crippen molar-refractivity contribution in [1.29, 1.82) is 0 Å².